The van der Waals surface area contributed by atoms with Gasteiger partial charge < -0.3 is 9.29 Å². The molecule has 1 unspecified atom stereocenters. The van der Waals surface area contributed by atoms with Crippen molar-refractivity contribution in [2.45, 2.75) is 4.34 Å². The minimum absolute atomic E-state index is 0.00426. The van der Waals surface area contributed by atoms with Gasteiger partial charge >= 0.3 is 5.97 Å². The van der Waals surface area contributed by atoms with Gasteiger partial charge in [-0.1, -0.05) is 0 Å². The van der Waals surface area contributed by atoms with Crippen LogP contribution in [0.1, 0.15) is 10.5 Å². The summed E-state index contributed by atoms with van der Waals surface area (Å²) in [5.41, 5.74) is 0.0555. The first-order valence-electron chi connectivity index (χ1n) is 2.80. The van der Waals surface area contributed by atoms with Gasteiger partial charge in [0.1, 0.15) is 0 Å². The molecule has 1 N–H and O–H groups in total. The highest BCUT2D eigenvalue weighted by atomic mass is 32.2. The van der Waals surface area contributed by atoms with Crippen molar-refractivity contribution < 1.29 is 18.3 Å². The van der Waals surface area contributed by atoms with Gasteiger partial charge in [0.15, 0.2) is 5.69 Å². The van der Waals surface area contributed by atoms with E-state index in [1.807, 2.05) is 0 Å². The second-order valence-electron chi connectivity index (χ2n) is 1.74. The molecule has 0 bridgehead atoms. The first-order valence-corrected chi connectivity index (χ1v) is 4.78. The number of esters is 1. The van der Waals surface area contributed by atoms with Crippen molar-refractivity contribution in [1.29, 1.82) is 0 Å². The van der Waals surface area contributed by atoms with Gasteiger partial charge in [-0.3, -0.25) is 0 Å². The smallest absolute Gasteiger partial charge is 0.357 e. The molecule has 0 aliphatic rings. The second kappa shape index (κ2) is 3.74. The Bertz CT molecular complexity index is 321. The molecule has 12 heavy (non-hydrogen) atoms. The van der Waals surface area contributed by atoms with Crippen molar-refractivity contribution in [2.24, 2.45) is 0 Å². The van der Waals surface area contributed by atoms with E-state index in [0.29, 0.717) is 0 Å². The van der Waals surface area contributed by atoms with E-state index in [1.165, 1.54) is 12.5 Å². The minimum Gasteiger partial charge on any atom is -0.464 e. The zero-order chi connectivity index (χ0) is 9.14. The summed E-state index contributed by atoms with van der Waals surface area (Å²) in [4.78, 5) is 14.4. The summed E-state index contributed by atoms with van der Waals surface area (Å²) in [6, 6.07) is 0. The molecule has 1 aromatic heterocycles. The number of carbonyl (C=O) groups is 1. The van der Waals surface area contributed by atoms with Crippen LogP contribution in [0.25, 0.3) is 0 Å². The molecule has 1 heterocycles. The maximum Gasteiger partial charge on any atom is 0.357 e. The van der Waals surface area contributed by atoms with Crippen molar-refractivity contribution in [1.82, 2.24) is 4.98 Å². The summed E-state index contributed by atoms with van der Waals surface area (Å²) >= 11 is -1.19. The highest BCUT2D eigenvalue weighted by molar-refractivity contribution is 7.81. The molecule has 1 atom stereocenters. The molecule has 5 nitrogen and oxygen atoms in total. The molecule has 0 aromatic carbocycles. The minimum atomic E-state index is -2.13. The van der Waals surface area contributed by atoms with Crippen molar-refractivity contribution in [2.75, 3.05) is 7.11 Å². The standard InChI is InChI=1S/C5H5NO4S2/c1-10-4(7)3-2-11-5(6-3)12(8)9/h2H,1H3,(H,8,9). The highest BCUT2D eigenvalue weighted by Crippen LogP contribution is 2.12. The number of ether oxygens (including phenoxy) is 1. The second-order valence-corrected chi connectivity index (χ2v) is 3.74. The van der Waals surface area contributed by atoms with E-state index in [1.54, 1.807) is 0 Å². The van der Waals surface area contributed by atoms with Gasteiger partial charge in [-0.15, -0.1) is 11.3 Å². The van der Waals surface area contributed by atoms with Crippen LogP contribution in [0.3, 0.4) is 0 Å². The van der Waals surface area contributed by atoms with Gasteiger partial charge in [-0.05, 0) is 0 Å². The fraction of sp³-hybridized carbons (Fsp3) is 0.200. The molecule has 0 aliphatic carbocycles. The summed E-state index contributed by atoms with van der Waals surface area (Å²) in [5.74, 6) is -0.608. The lowest BCUT2D eigenvalue weighted by Crippen LogP contribution is -2.01. The zero-order valence-electron chi connectivity index (χ0n) is 6.01. The number of rotatable bonds is 2. The Morgan fingerprint density at radius 3 is 2.92 bits per heavy atom. The summed E-state index contributed by atoms with van der Waals surface area (Å²) < 4.78 is 23.3. The quantitative estimate of drug-likeness (QED) is 0.564. The average Bonchev–Trinajstić information content (AvgIpc) is 2.51. The van der Waals surface area contributed by atoms with Crippen LogP contribution in [0.5, 0.6) is 0 Å². The molecule has 66 valence electrons. The van der Waals surface area contributed by atoms with Gasteiger partial charge in [0.2, 0.25) is 15.4 Å². The third-order valence-electron chi connectivity index (χ3n) is 1.03. The first-order chi connectivity index (χ1) is 5.65. The molecular formula is C5H5NO4S2. The van der Waals surface area contributed by atoms with Crippen LogP contribution in [0.2, 0.25) is 0 Å². The Morgan fingerprint density at radius 2 is 2.50 bits per heavy atom. The van der Waals surface area contributed by atoms with E-state index in [2.05, 4.69) is 9.72 Å². The van der Waals surface area contributed by atoms with Gasteiger partial charge in [-0.25, -0.2) is 14.0 Å². The largest absolute Gasteiger partial charge is 0.464 e. The maximum absolute atomic E-state index is 10.8. The van der Waals surface area contributed by atoms with Crippen LogP contribution < -0.4 is 0 Å². The van der Waals surface area contributed by atoms with Gasteiger partial charge in [0, 0.05) is 5.38 Å². The van der Waals surface area contributed by atoms with E-state index in [9.17, 15) is 9.00 Å². The summed E-state index contributed by atoms with van der Waals surface area (Å²) in [7, 11) is 1.22. The van der Waals surface area contributed by atoms with Gasteiger partial charge in [-0.2, -0.15) is 0 Å². The van der Waals surface area contributed by atoms with Gasteiger partial charge in [0.05, 0.1) is 7.11 Å². The lowest BCUT2D eigenvalue weighted by Gasteiger charge is -1.90. The van der Waals surface area contributed by atoms with Crippen molar-refractivity contribution in [3.8, 4) is 0 Å². The molecule has 0 saturated heterocycles. The Balaban J connectivity index is 2.91. The number of nitrogens with zero attached hydrogens (tertiary/aromatic N) is 1. The Hall–Kier alpha value is -0.790. The topological polar surface area (TPSA) is 76.5 Å². The molecule has 1 aromatic rings. The van der Waals surface area contributed by atoms with Gasteiger partial charge in [0.25, 0.3) is 0 Å². The highest BCUT2D eigenvalue weighted by Gasteiger charge is 2.12. The number of methoxy groups -OCH3 is 1. The maximum atomic E-state index is 10.8. The van der Waals surface area contributed by atoms with E-state index in [0.717, 1.165) is 11.3 Å². The third kappa shape index (κ3) is 1.87. The Labute approximate surface area is 74.7 Å². The van der Waals surface area contributed by atoms with Crippen molar-refractivity contribution in [3.05, 3.63) is 11.1 Å². The first kappa shape index (κ1) is 9.30. The summed E-state index contributed by atoms with van der Waals surface area (Å²) in [6.07, 6.45) is 0. The molecule has 0 saturated carbocycles. The van der Waals surface area contributed by atoms with Crippen LogP contribution in [0.4, 0.5) is 0 Å². The number of hydrogen-bond donors (Lipinski definition) is 1. The predicted molar refractivity (Wildman–Crippen MR) is 42.5 cm³/mol. The van der Waals surface area contributed by atoms with E-state index < -0.39 is 17.0 Å². The predicted octanol–water partition coefficient (Wildman–Crippen LogP) is 0.510. The van der Waals surface area contributed by atoms with Crippen LogP contribution >= 0.6 is 11.3 Å². The summed E-state index contributed by atoms with van der Waals surface area (Å²) in [6.45, 7) is 0. The lowest BCUT2D eigenvalue weighted by molar-refractivity contribution is 0.0594. The van der Waals surface area contributed by atoms with E-state index >= 15 is 0 Å². The number of thiazole rings is 1. The van der Waals surface area contributed by atoms with Crippen LogP contribution in [-0.4, -0.2) is 26.8 Å². The van der Waals surface area contributed by atoms with Crippen LogP contribution in [0, 0.1) is 0 Å². The van der Waals surface area contributed by atoms with E-state index in [-0.39, 0.29) is 10.0 Å². The number of aromatic nitrogens is 1. The fourth-order valence-electron chi connectivity index (χ4n) is 0.536. The van der Waals surface area contributed by atoms with Crippen LogP contribution in [0.15, 0.2) is 9.72 Å². The molecule has 0 spiro atoms. The Morgan fingerprint density at radius 1 is 1.83 bits per heavy atom. The summed E-state index contributed by atoms with van der Waals surface area (Å²) in [5, 5.41) is 1.37. The normalized spacial score (nSPS) is 12.5. The Kier molecular flexibility index (Phi) is 2.90. The van der Waals surface area contributed by atoms with E-state index in [4.69, 9.17) is 4.55 Å². The van der Waals surface area contributed by atoms with Crippen molar-refractivity contribution in [3.63, 3.8) is 0 Å². The molecule has 7 heteroatoms. The SMILES string of the molecule is COC(=O)c1csc(S(=O)O)n1. The third-order valence-corrected chi connectivity index (χ3v) is 2.77. The average molecular weight is 207 g/mol. The molecule has 0 fully saturated rings. The molecule has 0 amide bonds. The molecule has 1 rings (SSSR count). The van der Waals surface area contributed by atoms with Crippen LogP contribution in [-0.2, 0) is 15.8 Å². The fourth-order valence-corrected chi connectivity index (χ4v) is 1.70. The lowest BCUT2D eigenvalue weighted by atomic mass is 10.5. The monoisotopic (exact) mass is 207 g/mol. The molecular weight excluding hydrogens is 202 g/mol. The molecule has 0 aliphatic heterocycles. The van der Waals surface area contributed by atoms with Crippen molar-refractivity contribution >= 4 is 28.4 Å². The number of hydrogen-bond acceptors (Lipinski definition) is 5. The zero-order valence-corrected chi connectivity index (χ0v) is 7.65. The molecule has 0 radical (unpaired) electrons. The number of carbonyl (C=O) groups excluding carboxylic acids is 1.